The Morgan fingerprint density at radius 3 is 2.42 bits per heavy atom. The number of carbonyl (C=O) groups excluding carboxylic acids is 2. The Balaban J connectivity index is 1.81. The predicted octanol–water partition coefficient (Wildman–Crippen LogP) is 4.77. The first-order valence-corrected chi connectivity index (χ1v) is 9.97. The molecule has 4 heteroatoms. The van der Waals surface area contributed by atoms with Gasteiger partial charge in [0.15, 0.2) is 0 Å². The number of rotatable bonds is 6. The quantitative estimate of drug-likeness (QED) is 0.687. The molecule has 4 nitrogen and oxygen atoms in total. The van der Waals surface area contributed by atoms with E-state index in [1.165, 1.54) is 0 Å². The zero-order chi connectivity index (χ0) is 18.6. The van der Waals surface area contributed by atoms with Crippen LogP contribution in [0.25, 0.3) is 0 Å². The van der Waals surface area contributed by atoms with E-state index in [1.54, 1.807) is 12.1 Å². The molecule has 2 fully saturated rings. The van der Waals surface area contributed by atoms with Gasteiger partial charge in [0.1, 0.15) is 11.5 Å². The van der Waals surface area contributed by atoms with Gasteiger partial charge < -0.3 is 9.47 Å². The van der Waals surface area contributed by atoms with Crippen LogP contribution in [0.3, 0.4) is 0 Å². The molecule has 26 heavy (non-hydrogen) atoms. The van der Waals surface area contributed by atoms with Crippen LogP contribution in [0.5, 0.6) is 0 Å². The maximum atomic E-state index is 13.2. The molecule has 2 atom stereocenters. The minimum absolute atomic E-state index is 0.151. The highest BCUT2D eigenvalue weighted by Gasteiger charge is 2.57. The van der Waals surface area contributed by atoms with Gasteiger partial charge in [0, 0.05) is 0 Å². The fourth-order valence-corrected chi connectivity index (χ4v) is 4.62. The lowest BCUT2D eigenvalue weighted by Gasteiger charge is -2.38. The molecule has 2 saturated carbocycles. The lowest BCUT2D eigenvalue weighted by molar-refractivity contribution is -0.168. The van der Waals surface area contributed by atoms with Gasteiger partial charge in [0.25, 0.3) is 0 Å². The monoisotopic (exact) mass is 358 g/mol. The van der Waals surface area contributed by atoms with Crippen LogP contribution in [-0.2, 0) is 14.3 Å². The molecule has 0 amide bonds. The molecule has 0 aromatic heterocycles. The third-order valence-electron chi connectivity index (χ3n) is 5.90. The molecule has 0 N–H and O–H groups in total. The Hall–Kier alpha value is -1.84. The molecule has 0 spiro atoms. The number of hydrogen-bond acceptors (Lipinski definition) is 4. The zero-order valence-corrected chi connectivity index (χ0v) is 15.9. The van der Waals surface area contributed by atoms with Crippen molar-refractivity contribution in [2.45, 2.75) is 64.9 Å². The summed E-state index contributed by atoms with van der Waals surface area (Å²) >= 11 is 0. The molecule has 2 unspecified atom stereocenters. The second-order valence-corrected chi connectivity index (χ2v) is 8.17. The van der Waals surface area contributed by atoms with Crippen LogP contribution >= 0.6 is 0 Å². The summed E-state index contributed by atoms with van der Waals surface area (Å²) in [6, 6.07) is 9.04. The van der Waals surface area contributed by atoms with Crippen LogP contribution in [0.1, 0.15) is 69.2 Å². The Kier molecular flexibility index (Phi) is 6.00. The topological polar surface area (TPSA) is 52.6 Å². The van der Waals surface area contributed by atoms with Crippen LogP contribution < -0.4 is 0 Å². The van der Waals surface area contributed by atoms with Crippen LogP contribution in [0.4, 0.5) is 0 Å². The van der Waals surface area contributed by atoms with Gasteiger partial charge in [-0.2, -0.15) is 0 Å². The smallest absolute Gasteiger partial charge is 0.338 e. The molecule has 142 valence electrons. The van der Waals surface area contributed by atoms with Crippen LogP contribution in [-0.4, -0.2) is 24.6 Å². The maximum Gasteiger partial charge on any atom is 0.338 e. The second-order valence-electron chi connectivity index (χ2n) is 8.17. The molecule has 3 rings (SSSR count). The first-order valence-electron chi connectivity index (χ1n) is 9.97. The minimum Gasteiger partial charge on any atom is -0.465 e. The first kappa shape index (κ1) is 18.9. The Morgan fingerprint density at radius 1 is 1.08 bits per heavy atom. The molecular weight excluding hydrogens is 328 g/mol. The number of carbonyl (C=O) groups is 2. The highest BCUT2D eigenvalue weighted by atomic mass is 16.6. The summed E-state index contributed by atoms with van der Waals surface area (Å²) in [5, 5.41) is 0. The van der Waals surface area contributed by atoms with Crippen molar-refractivity contribution in [3.05, 3.63) is 35.9 Å². The standard InChI is InChI=1S/C22H30O4/c1-16(2)15-25-21(24)22(18-11-6-7-12-18)14-8-13-19(22)26-20(23)17-9-4-3-5-10-17/h3-5,9-10,16,18-19H,6-8,11-15H2,1-2H3. The third-order valence-corrected chi connectivity index (χ3v) is 5.90. The molecule has 1 aromatic carbocycles. The fraction of sp³-hybridized carbons (Fsp3) is 0.636. The van der Waals surface area contributed by atoms with Crippen molar-refractivity contribution in [2.75, 3.05) is 6.61 Å². The Bertz CT molecular complexity index is 618. The van der Waals surface area contributed by atoms with Gasteiger partial charge in [-0.15, -0.1) is 0 Å². The van der Waals surface area contributed by atoms with Gasteiger partial charge in [-0.25, -0.2) is 4.79 Å². The van der Waals surface area contributed by atoms with E-state index in [0.717, 1.165) is 44.9 Å². The fourth-order valence-electron chi connectivity index (χ4n) is 4.62. The maximum absolute atomic E-state index is 13.2. The SMILES string of the molecule is CC(C)COC(=O)C1(C2CCCC2)CCCC1OC(=O)c1ccccc1. The summed E-state index contributed by atoms with van der Waals surface area (Å²) < 4.78 is 11.6. The number of hydrogen-bond donors (Lipinski definition) is 0. The van der Waals surface area contributed by atoms with Gasteiger partial charge in [-0.1, -0.05) is 44.9 Å². The molecular formula is C22H30O4. The van der Waals surface area contributed by atoms with Crippen molar-refractivity contribution in [2.24, 2.45) is 17.3 Å². The third kappa shape index (κ3) is 3.79. The largest absolute Gasteiger partial charge is 0.465 e. The van der Waals surface area contributed by atoms with Crippen LogP contribution in [0.15, 0.2) is 30.3 Å². The second kappa shape index (κ2) is 8.24. The van der Waals surface area contributed by atoms with E-state index in [0.29, 0.717) is 18.1 Å². The summed E-state index contributed by atoms with van der Waals surface area (Å²) in [5.41, 5.74) is -0.120. The highest BCUT2D eigenvalue weighted by molar-refractivity contribution is 5.90. The van der Waals surface area contributed by atoms with Gasteiger partial charge in [-0.3, -0.25) is 4.79 Å². The lowest BCUT2D eigenvalue weighted by Crippen LogP contribution is -2.47. The molecule has 2 aliphatic carbocycles. The Labute approximate surface area is 156 Å². The van der Waals surface area contributed by atoms with E-state index in [4.69, 9.17) is 9.47 Å². The van der Waals surface area contributed by atoms with Crippen molar-refractivity contribution in [3.63, 3.8) is 0 Å². The molecule has 0 radical (unpaired) electrons. The van der Waals surface area contributed by atoms with E-state index in [1.807, 2.05) is 32.0 Å². The lowest BCUT2D eigenvalue weighted by atomic mass is 9.71. The normalized spacial score (nSPS) is 26.2. The summed E-state index contributed by atoms with van der Waals surface area (Å²) in [6.45, 7) is 4.50. The van der Waals surface area contributed by atoms with E-state index >= 15 is 0 Å². The average Bonchev–Trinajstić information content (AvgIpc) is 3.30. The van der Waals surface area contributed by atoms with Crippen molar-refractivity contribution < 1.29 is 19.1 Å². The summed E-state index contributed by atoms with van der Waals surface area (Å²) in [4.78, 5) is 25.8. The van der Waals surface area contributed by atoms with Gasteiger partial charge in [-0.05, 0) is 56.1 Å². The molecule has 0 bridgehead atoms. The molecule has 0 heterocycles. The summed E-state index contributed by atoms with van der Waals surface area (Å²) in [6.07, 6.45) is 6.37. The van der Waals surface area contributed by atoms with Crippen molar-refractivity contribution in [1.82, 2.24) is 0 Å². The predicted molar refractivity (Wildman–Crippen MR) is 99.7 cm³/mol. The van der Waals surface area contributed by atoms with Crippen molar-refractivity contribution >= 4 is 11.9 Å². The van der Waals surface area contributed by atoms with E-state index in [9.17, 15) is 9.59 Å². The van der Waals surface area contributed by atoms with Gasteiger partial charge in [0.2, 0.25) is 0 Å². The Morgan fingerprint density at radius 2 is 1.77 bits per heavy atom. The number of ether oxygens (including phenoxy) is 2. The van der Waals surface area contributed by atoms with Crippen LogP contribution in [0.2, 0.25) is 0 Å². The zero-order valence-electron chi connectivity index (χ0n) is 15.9. The number of benzene rings is 1. The van der Waals surface area contributed by atoms with Crippen molar-refractivity contribution in [1.29, 1.82) is 0 Å². The van der Waals surface area contributed by atoms with Crippen LogP contribution in [0, 0.1) is 17.3 Å². The van der Waals surface area contributed by atoms with E-state index in [-0.39, 0.29) is 24.0 Å². The van der Waals surface area contributed by atoms with Crippen molar-refractivity contribution in [3.8, 4) is 0 Å². The highest BCUT2D eigenvalue weighted by Crippen LogP contribution is 2.52. The van der Waals surface area contributed by atoms with Gasteiger partial charge in [0.05, 0.1) is 12.2 Å². The van der Waals surface area contributed by atoms with E-state index in [2.05, 4.69) is 0 Å². The van der Waals surface area contributed by atoms with Gasteiger partial charge >= 0.3 is 11.9 Å². The summed E-state index contributed by atoms with van der Waals surface area (Å²) in [5.74, 6) is 0.0718. The minimum atomic E-state index is -0.657. The molecule has 0 aliphatic heterocycles. The molecule has 2 aliphatic rings. The summed E-state index contributed by atoms with van der Waals surface area (Å²) in [7, 11) is 0. The molecule has 1 aromatic rings. The molecule has 0 saturated heterocycles. The van der Waals surface area contributed by atoms with E-state index < -0.39 is 5.41 Å². The number of esters is 2. The first-order chi connectivity index (χ1) is 12.5. The average molecular weight is 358 g/mol.